The van der Waals surface area contributed by atoms with Crippen LogP contribution in [-0.2, 0) is 9.59 Å². The van der Waals surface area contributed by atoms with Gasteiger partial charge in [0, 0.05) is 29.3 Å². The van der Waals surface area contributed by atoms with Crippen molar-refractivity contribution in [3.8, 4) is 5.75 Å². The molecule has 0 aliphatic carbocycles. The molecule has 0 bridgehead atoms. The Bertz CT molecular complexity index is 889. The zero-order valence-corrected chi connectivity index (χ0v) is 16.7. The van der Waals surface area contributed by atoms with Crippen LogP contribution in [0.25, 0.3) is 6.08 Å². The number of methoxy groups -OCH3 is 1. The minimum absolute atomic E-state index is 0.0775. The molecule has 0 spiro atoms. The van der Waals surface area contributed by atoms with Crippen molar-refractivity contribution in [1.29, 1.82) is 0 Å². The number of rotatable bonds is 7. The molecule has 0 aliphatic heterocycles. The molecule has 2 aromatic carbocycles. The Morgan fingerprint density at radius 3 is 2.34 bits per heavy atom. The number of hydrogen-bond donors (Lipinski definition) is 3. The Kier molecular flexibility index (Phi) is 7.97. The number of carbonyl (C=O) groups excluding carboxylic acids is 3. The van der Waals surface area contributed by atoms with E-state index in [2.05, 4.69) is 16.2 Å². The summed E-state index contributed by atoms with van der Waals surface area (Å²) in [6, 6.07) is 13.7. The second-order valence-corrected chi connectivity index (χ2v) is 6.74. The van der Waals surface area contributed by atoms with Crippen molar-refractivity contribution in [1.82, 2.24) is 10.9 Å². The molecule has 7 heteroatoms. The van der Waals surface area contributed by atoms with Gasteiger partial charge in [0.25, 0.3) is 11.8 Å². The molecule has 2 rings (SSSR count). The Balaban J connectivity index is 1.86. The van der Waals surface area contributed by atoms with Gasteiger partial charge >= 0.3 is 0 Å². The van der Waals surface area contributed by atoms with Crippen LogP contribution in [0, 0.1) is 5.92 Å². The quantitative estimate of drug-likeness (QED) is 0.496. The summed E-state index contributed by atoms with van der Waals surface area (Å²) < 4.78 is 5.21. The van der Waals surface area contributed by atoms with Crippen molar-refractivity contribution in [3.05, 3.63) is 65.7 Å². The van der Waals surface area contributed by atoms with Gasteiger partial charge in [-0.2, -0.15) is 0 Å². The summed E-state index contributed by atoms with van der Waals surface area (Å²) in [4.78, 5) is 35.8. The number of benzene rings is 2. The van der Waals surface area contributed by atoms with E-state index in [9.17, 15) is 14.4 Å². The van der Waals surface area contributed by atoms with Crippen LogP contribution in [0.1, 0.15) is 36.2 Å². The summed E-state index contributed by atoms with van der Waals surface area (Å²) in [7, 11) is 1.55. The minimum Gasteiger partial charge on any atom is -0.496 e. The van der Waals surface area contributed by atoms with Crippen LogP contribution in [0.3, 0.4) is 0 Å². The van der Waals surface area contributed by atoms with E-state index < -0.39 is 11.8 Å². The van der Waals surface area contributed by atoms with Gasteiger partial charge in [-0.1, -0.05) is 32.0 Å². The predicted octanol–water partition coefficient (Wildman–Crippen LogP) is 3.15. The van der Waals surface area contributed by atoms with Gasteiger partial charge in [-0.15, -0.1) is 0 Å². The van der Waals surface area contributed by atoms with Gasteiger partial charge in [0.05, 0.1) is 7.11 Å². The number of anilines is 1. The number of hydrogen-bond acceptors (Lipinski definition) is 4. The molecule has 0 atom stereocenters. The Labute approximate surface area is 170 Å². The van der Waals surface area contributed by atoms with E-state index in [1.165, 1.54) is 6.08 Å². The van der Waals surface area contributed by atoms with Crippen LogP contribution in [0.5, 0.6) is 5.75 Å². The fraction of sp³-hybridized carbons (Fsp3) is 0.227. The zero-order valence-electron chi connectivity index (χ0n) is 16.7. The first-order valence-electron chi connectivity index (χ1n) is 9.20. The van der Waals surface area contributed by atoms with Gasteiger partial charge in [-0.05, 0) is 42.3 Å². The van der Waals surface area contributed by atoms with Crippen molar-refractivity contribution in [3.63, 3.8) is 0 Å². The van der Waals surface area contributed by atoms with Gasteiger partial charge in [0.15, 0.2) is 0 Å². The maximum Gasteiger partial charge on any atom is 0.269 e. The van der Waals surface area contributed by atoms with Gasteiger partial charge in [0.1, 0.15) is 5.75 Å². The summed E-state index contributed by atoms with van der Waals surface area (Å²) >= 11 is 0. The Morgan fingerprint density at radius 1 is 1.00 bits per heavy atom. The van der Waals surface area contributed by atoms with Crippen LogP contribution in [0.4, 0.5) is 5.69 Å². The lowest BCUT2D eigenvalue weighted by Crippen LogP contribution is -2.40. The molecular weight excluding hydrogens is 370 g/mol. The lowest BCUT2D eigenvalue weighted by atomic mass is 10.1. The van der Waals surface area contributed by atoms with Gasteiger partial charge < -0.3 is 10.1 Å². The molecule has 0 aliphatic rings. The third-order valence-corrected chi connectivity index (χ3v) is 3.88. The average molecular weight is 395 g/mol. The second-order valence-electron chi connectivity index (χ2n) is 6.74. The summed E-state index contributed by atoms with van der Waals surface area (Å²) in [6.45, 7) is 3.93. The normalized spacial score (nSPS) is 10.6. The smallest absolute Gasteiger partial charge is 0.269 e. The predicted molar refractivity (Wildman–Crippen MR) is 112 cm³/mol. The first-order valence-corrected chi connectivity index (χ1v) is 9.20. The van der Waals surface area contributed by atoms with Crippen LogP contribution < -0.4 is 20.9 Å². The van der Waals surface area contributed by atoms with Crippen LogP contribution in [0.15, 0.2) is 54.6 Å². The number of amides is 3. The van der Waals surface area contributed by atoms with E-state index in [1.54, 1.807) is 43.5 Å². The molecular formula is C22H25N3O4. The largest absolute Gasteiger partial charge is 0.496 e. The summed E-state index contributed by atoms with van der Waals surface area (Å²) in [5.74, 6) is -0.126. The highest BCUT2D eigenvalue weighted by atomic mass is 16.5. The molecule has 2 aromatic rings. The molecule has 3 amide bonds. The van der Waals surface area contributed by atoms with Crippen molar-refractivity contribution in [2.45, 2.75) is 20.3 Å². The molecule has 0 saturated heterocycles. The fourth-order valence-corrected chi connectivity index (χ4v) is 2.49. The van der Waals surface area contributed by atoms with Crippen molar-refractivity contribution in [2.24, 2.45) is 5.92 Å². The standard InChI is InChI=1S/C22H25N3O4/c1-15(2)14-21(27)23-18-11-8-17(9-12-18)22(28)25-24-20(26)13-10-16-6-4-5-7-19(16)29-3/h4-13,15H,14H2,1-3H3,(H,23,27)(H,24,26)(H,25,28). The van der Waals surface area contributed by atoms with Crippen LogP contribution in [0.2, 0.25) is 0 Å². The number of ether oxygens (including phenoxy) is 1. The number of para-hydroxylation sites is 1. The molecule has 29 heavy (non-hydrogen) atoms. The van der Waals surface area contributed by atoms with Crippen LogP contribution in [-0.4, -0.2) is 24.8 Å². The first-order chi connectivity index (χ1) is 13.9. The maximum atomic E-state index is 12.1. The Morgan fingerprint density at radius 2 is 1.69 bits per heavy atom. The van der Waals surface area contributed by atoms with Gasteiger partial charge in [-0.25, -0.2) is 0 Å². The molecule has 0 heterocycles. The van der Waals surface area contributed by atoms with Crippen molar-refractivity contribution < 1.29 is 19.1 Å². The van der Waals surface area contributed by atoms with E-state index in [0.29, 0.717) is 23.4 Å². The van der Waals surface area contributed by atoms with E-state index in [4.69, 9.17) is 4.74 Å². The average Bonchev–Trinajstić information content (AvgIpc) is 2.70. The van der Waals surface area contributed by atoms with Crippen LogP contribution >= 0.6 is 0 Å². The molecule has 0 unspecified atom stereocenters. The highest BCUT2D eigenvalue weighted by Crippen LogP contribution is 2.18. The topological polar surface area (TPSA) is 96.5 Å². The monoisotopic (exact) mass is 395 g/mol. The molecule has 0 radical (unpaired) electrons. The molecule has 0 saturated carbocycles. The number of hydrazine groups is 1. The summed E-state index contributed by atoms with van der Waals surface area (Å²) in [5.41, 5.74) is 6.36. The van der Waals surface area contributed by atoms with E-state index >= 15 is 0 Å². The van der Waals surface area contributed by atoms with E-state index in [-0.39, 0.29) is 11.8 Å². The van der Waals surface area contributed by atoms with Crippen molar-refractivity contribution in [2.75, 3.05) is 12.4 Å². The fourth-order valence-electron chi connectivity index (χ4n) is 2.49. The molecule has 0 aromatic heterocycles. The number of nitrogens with one attached hydrogen (secondary N) is 3. The summed E-state index contributed by atoms with van der Waals surface area (Å²) in [5, 5.41) is 2.77. The zero-order chi connectivity index (χ0) is 21.2. The lowest BCUT2D eigenvalue weighted by molar-refractivity contribution is -0.117. The number of carbonyl (C=O) groups is 3. The molecule has 3 N–H and O–H groups in total. The third-order valence-electron chi connectivity index (χ3n) is 3.88. The molecule has 7 nitrogen and oxygen atoms in total. The minimum atomic E-state index is -0.484. The van der Waals surface area contributed by atoms with Crippen molar-refractivity contribution >= 4 is 29.5 Å². The highest BCUT2D eigenvalue weighted by Gasteiger charge is 2.08. The lowest BCUT2D eigenvalue weighted by Gasteiger charge is -2.09. The maximum absolute atomic E-state index is 12.1. The van der Waals surface area contributed by atoms with Gasteiger partial charge in [-0.3, -0.25) is 25.2 Å². The Hall–Kier alpha value is -3.61. The van der Waals surface area contributed by atoms with E-state index in [1.807, 2.05) is 32.0 Å². The third kappa shape index (κ3) is 7.14. The molecule has 0 fully saturated rings. The SMILES string of the molecule is COc1ccccc1C=CC(=O)NNC(=O)c1ccc(NC(=O)CC(C)C)cc1. The van der Waals surface area contributed by atoms with Gasteiger partial charge in [0.2, 0.25) is 5.91 Å². The highest BCUT2D eigenvalue weighted by molar-refractivity contribution is 5.98. The summed E-state index contributed by atoms with van der Waals surface area (Å²) in [6.07, 6.45) is 3.32. The second kappa shape index (κ2) is 10.7. The van der Waals surface area contributed by atoms with E-state index in [0.717, 1.165) is 5.56 Å². The first kappa shape index (κ1) is 21.7. The molecule has 152 valence electrons.